The average Bonchev–Trinajstić information content (AvgIpc) is 2.34. The lowest BCUT2D eigenvalue weighted by Gasteiger charge is -2.32. The van der Waals surface area contributed by atoms with Crippen molar-refractivity contribution in [2.45, 2.75) is 30.7 Å². The summed E-state index contributed by atoms with van der Waals surface area (Å²) in [7, 11) is -3.50. The fourth-order valence-electron chi connectivity index (χ4n) is 2.07. The molecular weight excluding hydrogens is 262 g/mol. The molecule has 0 saturated heterocycles. The Morgan fingerprint density at radius 3 is 2.84 bits per heavy atom. The van der Waals surface area contributed by atoms with Gasteiger partial charge < -0.3 is 5.73 Å². The van der Waals surface area contributed by atoms with E-state index in [-0.39, 0.29) is 17.5 Å². The summed E-state index contributed by atoms with van der Waals surface area (Å²) in [6, 6.07) is 1.55. The number of pyridine rings is 1. The van der Waals surface area contributed by atoms with E-state index in [1.165, 1.54) is 18.5 Å². The lowest BCUT2D eigenvalue weighted by atomic mass is 9.83. The van der Waals surface area contributed by atoms with Crippen LogP contribution in [-0.2, 0) is 10.0 Å². The first-order valence-electron chi connectivity index (χ1n) is 6.17. The zero-order valence-corrected chi connectivity index (χ0v) is 11.6. The maximum absolute atomic E-state index is 12.1. The van der Waals surface area contributed by atoms with Crippen molar-refractivity contribution in [2.24, 2.45) is 11.7 Å². The molecule has 0 bridgehead atoms. The highest BCUT2D eigenvalue weighted by atomic mass is 32.2. The van der Waals surface area contributed by atoms with E-state index in [9.17, 15) is 8.42 Å². The summed E-state index contributed by atoms with van der Waals surface area (Å²) in [4.78, 5) is 4.06. The van der Waals surface area contributed by atoms with E-state index in [1.807, 2.05) is 0 Å². The molecule has 1 aromatic heterocycles. The minimum absolute atomic E-state index is 0.0405. The molecule has 102 valence electrons. The van der Waals surface area contributed by atoms with Crippen LogP contribution in [0, 0.1) is 17.8 Å². The molecule has 6 heteroatoms. The van der Waals surface area contributed by atoms with Crippen molar-refractivity contribution in [1.29, 1.82) is 0 Å². The van der Waals surface area contributed by atoms with E-state index in [2.05, 4.69) is 28.5 Å². The molecule has 0 amide bonds. The topological polar surface area (TPSA) is 85.1 Å². The van der Waals surface area contributed by atoms with Gasteiger partial charge in [-0.2, -0.15) is 0 Å². The van der Waals surface area contributed by atoms with Crippen LogP contribution in [0.25, 0.3) is 0 Å². The number of nitrogens with two attached hydrogens (primary N) is 1. The molecule has 3 N–H and O–H groups in total. The van der Waals surface area contributed by atoms with Gasteiger partial charge >= 0.3 is 0 Å². The van der Waals surface area contributed by atoms with Crippen LogP contribution in [-0.4, -0.2) is 26.0 Å². The molecular formula is C13H17N3O2S. The maximum Gasteiger partial charge on any atom is 0.242 e. The van der Waals surface area contributed by atoms with Gasteiger partial charge in [0.25, 0.3) is 0 Å². The normalized spacial score (nSPS) is 22.2. The first kappa shape index (κ1) is 14.0. The molecule has 0 radical (unpaired) electrons. The van der Waals surface area contributed by atoms with E-state index in [1.54, 1.807) is 0 Å². The van der Waals surface area contributed by atoms with Crippen molar-refractivity contribution < 1.29 is 8.42 Å². The third-order valence-electron chi connectivity index (χ3n) is 3.05. The molecule has 2 rings (SSSR count). The SMILES string of the molecule is CC1CC(NS(=O)(=O)c2cncc(C#CCN)c2)C1. The second-order valence-corrected chi connectivity index (χ2v) is 6.52. The van der Waals surface area contributed by atoms with E-state index in [0.717, 1.165) is 12.8 Å². The molecule has 0 spiro atoms. The molecule has 0 aromatic carbocycles. The smallest absolute Gasteiger partial charge is 0.242 e. The molecule has 19 heavy (non-hydrogen) atoms. The van der Waals surface area contributed by atoms with Crippen LogP contribution in [0.3, 0.4) is 0 Å². The van der Waals surface area contributed by atoms with Gasteiger partial charge in [0.15, 0.2) is 0 Å². The molecule has 1 heterocycles. The zero-order chi connectivity index (χ0) is 13.9. The Labute approximate surface area is 113 Å². The Morgan fingerprint density at radius 2 is 2.21 bits per heavy atom. The maximum atomic E-state index is 12.1. The molecule has 0 atom stereocenters. The van der Waals surface area contributed by atoms with Crippen molar-refractivity contribution in [3.63, 3.8) is 0 Å². The Hall–Kier alpha value is -1.42. The van der Waals surface area contributed by atoms with Crippen LogP contribution in [0.15, 0.2) is 23.4 Å². The molecule has 5 nitrogen and oxygen atoms in total. The molecule has 1 aliphatic rings. The summed E-state index contributed by atoms with van der Waals surface area (Å²) in [5, 5.41) is 0. The fourth-order valence-corrected chi connectivity index (χ4v) is 3.32. The molecule has 1 aromatic rings. The first-order chi connectivity index (χ1) is 9.01. The van der Waals surface area contributed by atoms with Crippen LogP contribution in [0.4, 0.5) is 0 Å². The minimum Gasteiger partial charge on any atom is -0.320 e. The van der Waals surface area contributed by atoms with Crippen molar-refractivity contribution in [2.75, 3.05) is 6.54 Å². The molecule has 1 aliphatic carbocycles. The van der Waals surface area contributed by atoms with E-state index >= 15 is 0 Å². The highest BCUT2D eigenvalue weighted by Gasteiger charge is 2.29. The van der Waals surface area contributed by atoms with Gasteiger partial charge in [-0.25, -0.2) is 13.1 Å². The zero-order valence-electron chi connectivity index (χ0n) is 10.8. The van der Waals surface area contributed by atoms with Gasteiger partial charge in [-0.15, -0.1) is 0 Å². The number of nitrogens with zero attached hydrogens (tertiary/aromatic N) is 1. The second kappa shape index (κ2) is 5.70. The number of hydrogen-bond acceptors (Lipinski definition) is 4. The van der Waals surface area contributed by atoms with Crippen molar-refractivity contribution in [3.8, 4) is 11.8 Å². The fraction of sp³-hybridized carbons (Fsp3) is 0.462. The van der Waals surface area contributed by atoms with E-state index in [4.69, 9.17) is 5.73 Å². The van der Waals surface area contributed by atoms with Gasteiger partial charge in [0.2, 0.25) is 10.0 Å². The summed E-state index contributed by atoms with van der Waals surface area (Å²) < 4.78 is 27.0. The van der Waals surface area contributed by atoms with E-state index in [0.29, 0.717) is 11.5 Å². The summed E-state index contributed by atoms with van der Waals surface area (Å²) >= 11 is 0. The van der Waals surface area contributed by atoms with Crippen molar-refractivity contribution >= 4 is 10.0 Å². The number of aromatic nitrogens is 1. The number of hydrogen-bond donors (Lipinski definition) is 2. The van der Waals surface area contributed by atoms with Crippen molar-refractivity contribution in [3.05, 3.63) is 24.0 Å². The Morgan fingerprint density at radius 1 is 1.47 bits per heavy atom. The van der Waals surface area contributed by atoms with Gasteiger partial charge in [-0.1, -0.05) is 18.8 Å². The highest BCUT2D eigenvalue weighted by Crippen LogP contribution is 2.27. The monoisotopic (exact) mass is 279 g/mol. The Bertz CT molecular complexity index is 610. The second-order valence-electron chi connectivity index (χ2n) is 4.81. The van der Waals surface area contributed by atoms with Gasteiger partial charge in [-0.3, -0.25) is 4.98 Å². The number of nitrogens with one attached hydrogen (secondary N) is 1. The van der Waals surface area contributed by atoms with Crippen LogP contribution in [0.2, 0.25) is 0 Å². The lowest BCUT2D eigenvalue weighted by molar-refractivity contribution is 0.270. The standard InChI is InChI=1S/C13H17N3O2S/c1-10-5-12(6-10)16-19(17,18)13-7-11(3-2-4-14)8-15-9-13/h7-10,12,16H,4-6,14H2,1H3. The Kier molecular flexibility index (Phi) is 4.20. The highest BCUT2D eigenvalue weighted by molar-refractivity contribution is 7.89. The minimum atomic E-state index is -3.50. The van der Waals surface area contributed by atoms with E-state index < -0.39 is 10.0 Å². The van der Waals surface area contributed by atoms with Crippen LogP contribution in [0.5, 0.6) is 0 Å². The number of rotatable bonds is 3. The average molecular weight is 279 g/mol. The van der Waals surface area contributed by atoms with Gasteiger partial charge in [-0.05, 0) is 24.8 Å². The van der Waals surface area contributed by atoms with Gasteiger partial charge in [0, 0.05) is 24.0 Å². The predicted octanol–water partition coefficient (Wildman–Crippen LogP) is 0.469. The van der Waals surface area contributed by atoms with Gasteiger partial charge in [0.1, 0.15) is 4.90 Å². The first-order valence-corrected chi connectivity index (χ1v) is 7.66. The lowest BCUT2D eigenvalue weighted by Crippen LogP contribution is -2.43. The van der Waals surface area contributed by atoms with Crippen LogP contribution < -0.4 is 10.5 Å². The Balaban J connectivity index is 2.15. The largest absolute Gasteiger partial charge is 0.320 e. The third kappa shape index (κ3) is 3.53. The van der Waals surface area contributed by atoms with Crippen LogP contribution >= 0.6 is 0 Å². The summed E-state index contributed by atoms with van der Waals surface area (Å²) in [5.74, 6) is 6.04. The summed E-state index contributed by atoms with van der Waals surface area (Å²) in [5.41, 5.74) is 5.83. The third-order valence-corrected chi connectivity index (χ3v) is 4.54. The van der Waals surface area contributed by atoms with Crippen LogP contribution in [0.1, 0.15) is 25.3 Å². The number of sulfonamides is 1. The predicted molar refractivity (Wildman–Crippen MR) is 72.7 cm³/mol. The molecule has 1 fully saturated rings. The molecule has 0 unspecified atom stereocenters. The summed E-state index contributed by atoms with van der Waals surface area (Å²) in [6.07, 6.45) is 4.63. The molecule has 1 saturated carbocycles. The quantitative estimate of drug-likeness (QED) is 0.788. The van der Waals surface area contributed by atoms with Gasteiger partial charge in [0.05, 0.1) is 6.54 Å². The summed E-state index contributed by atoms with van der Waals surface area (Å²) in [6.45, 7) is 2.34. The molecule has 0 aliphatic heterocycles. The van der Waals surface area contributed by atoms with Crippen molar-refractivity contribution in [1.82, 2.24) is 9.71 Å².